The average Bonchev–Trinajstić information content (AvgIpc) is 3.06. The number of aromatic nitrogens is 5. The van der Waals surface area contributed by atoms with Crippen molar-refractivity contribution in [1.29, 1.82) is 0 Å². The van der Waals surface area contributed by atoms with E-state index in [1.807, 2.05) is 54.5 Å². The number of rotatable bonds is 4. The van der Waals surface area contributed by atoms with Crippen molar-refractivity contribution in [1.82, 2.24) is 24.4 Å². The van der Waals surface area contributed by atoms with Gasteiger partial charge in [-0.3, -0.25) is 0 Å². The summed E-state index contributed by atoms with van der Waals surface area (Å²) in [5.41, 5.74) is 3.95. The van der Waals surface area contributed by atoms with Crippen molar-refractivity contribution >= 4 is 21.6 Å². The molecule has 0 saturated heterocycles. The largest absolute Gasteiger partial charge is 0.357 e. The Bertz CT molecular complexity index is 779. The van der Waals surface area contributed by atoms with Crippen LogP contribution in [0.15, 0.2) is 29.3 Å². The summed E-state index contributed by atoms with van der Waals surface area (Å²) in [7, 11) is 0. The van der Waals surface area contributed by atoms with Gasteiger partial charge in [0.15, 0.2) is 5.65 Å². The standard InChI is InChI=1S/C14H16BrN5O/c1-4-21-10(3)19-8-11(7-16-19)12-5-6-13-17-14(15)18-20(13)9(12)2/h5-8,10H,4H2,1-3H3. The molecule has 0 aromatic carbocycles. The molecule has 0 spiro atoms. The van der Waals surface area contributed by atoms with Gasteiger partial charge in [0.1, 0.15) is 6.23 Å². The first-order valence-corrected chi connectivity index (χ1v) is 7.57. The SMILES string of the molecule is CCOC(C)n1cc(-c2ccc3nc(Br)nn3c2C)cn1. The molecule has 3 heterocycles. The summed E-state index contributed by atoms with van der Waals surface area (Å²) in [6.45, 7) is 6.63. The number of aryl methyl sites for hydroxylation is 1. The highest BCUT2D eigenvalue weighted by Gasteiger charge is 2.12. The number of halogens is 1. The molecule has 7 heteroatoms. The fraction of sp³-hybridized carbons (Fsp3) is 0.357. The maximum atomic E-state index is 5.55. The van der Waals surface area contributed by atoms with E-state index in [4.69, 9.17) is 4.74 Å². The molecule has 110 valence electrons. The van der Waals surface area contributed by atoms with Crippen LogP contribution in [-0.4, -0.2) is 31.0 Å². The Morgan fingerprint density at radius 1 is 1.38 bits per heavy atom. The van der Waals surface area contributed by atoms with Crippen molar-refractivity contribution in [3.05, 3.63) is 35.0 Å². The molecule has 3 aromatic rings. The number of pyridine rings is 1. The molecular formula is C14H16BrN5O. The number of hydrogen-bond acceptors (Lipinski definition) is 4. The molecule has 3 aromatic heterocycles. The van der Waals surface area contributed by atoms with Crippen molar-refractivity contribution in [2.24, 2.45) is 0 Å². The van der Waals surface area contributed by atoms with E-state index in [0.717, 1.165) is 22.5 Å². The maximum Gasteiger partial charge on any atom is 0.218 e. The second kappa shape index (κ2) is 5.57. The highest BCUT2D eigenvalue weighted by Crippen LogP contribution is 2.25. The van der Waals surface area contributed by atoms with E-state index < -0.39 is 0 Å². The Morgan fingerprint density at radius 3 is 2.95 bits per heavy atom. The zero-order valence-corrected chi connectivity index (χ0v) is 13.7. The van der Waals surface area contributed by atoms with Crippen LogP contribution in [0.5, 0.6) is 0 Å². The number of fused-ring (bicyclic) bond motifs is 1. The molecule has 0 aliphatic carbocycles. The van der Waals surface area contributed by atoms with E-state index >= 15 is 0 Å². The second-order valence-corrected chi connectivity index (χ2v) is 5.46. The molecule has 0 saturated carbocycles. The zero-order chi connectivity index (χ0) is 15.0. The molecule has 1 unspecified atom stereocenters. The van der Waals surface area contributed by atoms with E-state index in [9.17, 15) is 0 Å². The molecule has 0 radical (unpaired) electrons. The lowest BCUT2D eigenvalue weighted by atomic mass is 10.1. The van der Waals surface area contributed by atoms with E-state index in [1.165, 1.54) is 0 Å². The molecule has 1 atom stereocenters. The molecule has 0 amide bonds. The normalized spacial score (nSPS) is 13.0. The summed E-state index contributed by atoms with van der Waals surface area (Å²) in [6, 6.07) is 3.99. The molecule has 21 heavy (non-hydrogen) atoms. The maximum absolute atomic E-state index is 5.55. The Balaban J connectivity index is 2.02. The topological polar surface area (TPSA) is 57.2 Å². The molecule has 0 bridgehead atoms. The van der Waals surface area contributed by atoms with Gasteiger partial charge in [-0.05, 0) is 48.8 Å². The summed E-state index contributed by atoms with van der Waals surface area (Å²) in [5.74, 6) is 0. The highest BCUT2D eigenvalue weighted by atomic mass is 79.9. The first-order chi connectivity index (χ1) is 10.1. The molecule has 0 fully saturated rings. The van der Waals surface area contributed by atoms with E-state index in [1.54, 1.807) is 0 Å². The number of hydrogen-bond donors (Lipinski definition) is 0. The van der Waals surface area contributed by atoms with Crippen LogP contribution in [0.1, 0.15) is 25.8 Å². The minimum Gasteiger partial charge on any atom is -0.357 e. The van der Waals surface area contributed by atoms with Crippen molar-refractivity contribution in [3.63, 3.8) is 0 Å². The molecule has 0 aliphatic heterocycles. The van der Waals surface area contributed by atoms with Crippen molar-refractivity contribution < 1.29 is 4.74 Å². The van der Waals surface area contributed by atoms with Gasteiger partial charge in [0.2, 0.25) is 4.73 Å². The average molecular weight is 350 g/mol. The Kier molecular flexibility index (Phi) is 3.77. The fourth-order valence-electron chi connectivity index (χ4n) is 2.34. The van der Waals surface area contributed by atoms with Gasteiger partial charge in [0.25, 0.3) is 0 Å². The predicted octanol–water partition coefficient (Wildman–Crippen LogP) is 3.22. The third-order valence-electron chi connectivity index (χ3n) is 3.41. The van der Waals surface area contributed by atoms with E-state index in [-0.39, 0.29) is 6.23 Å². The molecular weight excluding hydrogens is 334 g/mol. The van der Waals surface area contributed by atoms with Crippen molar-refractivity contribution in [2.75, 3.05) is 6.61 Å². The van der Waals surface area contributed by atoms with Crippen LogP contribution < -0.4 is 0 Å². The van der Waals surface area contributed by atoms with Gasteiger partial charge in [-0.1, -0.05) is 0 Å². The van der Waals surface area contributed by atoms with Crippen molar-refractivity contribution in [2.45, 2.75) is 27.0 Å². The summed E-state index contributed by atoms with van der Waals surface area (Å²) >= 11 is 3.30. The van der Waals surface area contributed by atoms with Gasteiger partial charge in [-0.25, -0.2) is 14.2 Å². The minimum absolute atomic E-state index is 0.0756. The lowest BCUT2D eigenvalue weighted by Gasteiger charge is -2.11. The summed E-state index contributed by atoms with van der Waals surface area (Å²) in [4.78, 5) is 4.29. The first-order valence-electron chi connectivity index (χ1n) is 6.78. The Labute approximate surface area is 130 Å². The quantitative estimate of drug-likeness (QED) is 0.725. The lowest BCUT2D eigenvalue weighted by Crippen LogP contribution is -2.09. The van der Waals surface area contributed by atoms with Gasteiger partial charge < -0.3 is 4.74 Å². The van der Waals surface area contributed by atoms with Crippen molar-refractivity contribution in [3.8, 4) is 11.1 Å². The first kappa shape index (κ1) is 14.2. The fourth-order valence-corrected chi connectivity index (χ4v) is 2.68. The monoisotopic (exact) mass is 349 g/mol. The predicted molar refractivity (Wildman–Crippen MR) is 83.0 cm³/mol. The van der Waals surface area contributed by atoms with E-state index in [0.29, 0.717) is 11.3 Å². The van der Waals surface area contributed by atoms with Gasteiger partial charge in [-0.15, -0.1) is 5.10 Å². The second-order valence-electron chi connectivity index (χ2n) is 4.75. The lowest BCUT2D eigenvalue weighted by molar-refractivity contribution is 0.0160. The van der Waals surface area contributed by atoms with Crippen LogP contribution in [0.4, 0.5) is 0 Å². The third-order valence-corrected chi connectivity index (χ3v) is 3.74. The highest BCUT2D eigenvalue weighted by molar-refractivity contribution is 9.10. The van der Waals surface area contributed by atoms with Crippen LogP contribution in [-0.2, 0) is 4.74 Å². The van der Waals surface area contributed by atoms with E-state index in [2.05, 4.69) is 31.1 Å². The molecule has 6 nitrogen and oxygen atoms in total. The molecule has 0 aliphatic rings. The van der Waals surface area contributed by atoms with Gasteiger partial charge >= 0.3 is 0 Å². The van der Waals surface area contributed by atoms with Gasteiger partial charge in [0, 0.05) is 29.6 Å². The number of nitrogens with zero attached hydrogens (tertiary/aromatic N) is 5. The zero-order valence-electron chi connectivity index (χ0n) is 12.1. The van der Waals surface area contributed by atoms with Gasteiger partial charge in [0.05, 0.1) is 6.20 Å². The summed E-state index contributed by atoms with van der Waals surface area (Å²) < 4.78 is 9.78. The van der Waals surface area contributed by atoms with Crippen LogP contribution >= 0.6 is 15.9 Å². The van der Waals surface area contributed by atoms with Crippen LogP contribution in [0.25, 0.3) is 16.8 Å². The molecule has 0 N–H and O–H groups in total. The van der Waals surface area contributed by atoms with Gasteiger partial charge in [-0.2, -0.15) is 5.10 Å². The molecule has 3 rings (SSSR count). The van der Waals surface area contributed by atoms with Crippen LogP contribution in [0.3, 0.4) is 0 Å². The summed E-state index contributed by atoms with van der Waals surface area (Å²) in [5, 5.41) is 8.72. The Morgan fingerprint density at radius 2 is 2.19 bits per heavy atom. The third kappa shape index (κ3) is 2.58. The van der Waals surface area contributed by atoms with Crippen LogP contribution in [0.2, 0.25) is 0 Å². The van der Waals surface area contributed by atoms with Crippen LogP contribution in [0, 0.1) is 6.92 Å². The minimum atomic E-state index is -0.0756. The number of ether oxygens (including phenoxy) is 1. The Hall–Kier alpha value is -1.73. The summed E-state index contributed by atoms with van der Waals surface area (Å²) in [6.07, 6.45) is 3.75. The smallest absolute Gasteiger partial charge is 0.218 e.